The fraction of sp³-hybridized carbons (Fsp3) is 0.878. The third-order valence-electron chi connectivity index (χ3n) is 13.2. The number of carbonyl (C=O) groups is 2. The molecular weight excluding hydrogens is 955 g/mol. The van der Waals surface area contributed by atoms with Crippen LogP contribution in [0.15, 0.2) is 18.7 Å². The van der Waals surface area contributed by atoms with Gasteiger partial charge >= 0.3 is 12.1 Å². The number of carbonyl (C=O) groups excluding carboxylic acids is 2. The number of aromatic nitrogens is 2. The summed E-state index contributed by atoms with van der Waals surface area (Å²) in [4.78, 5) is 31.2. The van der Waals surface area contributed by atoms with E-state index in [0.29, 0.717) is 6.42 Å². The summed E-state index contributed by atoms with van der Waals surface area (Å²) in [5.74, 6) is -3.52. The molecule has 0 amide bonds. The summed E-state index contributed by atoms with van der Waals surface area (Å²) in [7, 11) is 1.50. The molecule has 19 atom stereocenters. The summed E-state index contributed by atoms with van der Waals surface area (Å²) in [5, 5.41) is 47.3. The van der Waals surface area contributed by atoms with Crippen LogP contribution in [0.3, 0.4) is 0 Å². The molecule has 0 spiro atoms. The number of aliphatic hydroxyl groups excluding tert-OH is 2. The second kappa shape index (κ2) is 20.4. The van der Waals surface area contributed by atoms with Gasteiger partial charge in [0.1, 0.15) is 29.7 Å². The van der Waals surface area contributed by atoms with Gasteiger partial charge < -0.3 is 53.6 Å². The van der Waals surface area contributed by atoms with E-state index in [0.717, 1.165) is 0 Å². The zero-order chi connectivity index (χ0) is 42.1. The largest absolute Gasteiger partial charge is 0.459 e. The molecule has 4 rings (SSSR count). The first-order valence-corrected chi connectivity index (χ1v) is 20.4. The van der Waals surface area contributed by atoms with Crippen LogP contribution in [0.25, 0.3) is 0 Å². The molecule has 4 heterocycles. The molecule has 3 aliphatic heterocycles. The predicted octanol–water partition coefficient (Wildman–Crippen LogP) is 4.45. The Morgan fingerprint density at radius 3 is 2.16 bits per heavy atom. The molecular formula is C41H70AcN2O13. The summed E-state index contributed by atoms with van der Waals surface area (Å²) >= 11 is 0. The summed E-state index contributed by atoms with van der Waals surface area (Å²) < 4.78 is 45.1. The Morgan fingerprint density at radius 1 is 0.930 bits per heavy atom. The molecule has 3 fully saturated rings. The van der Waals surface area contributed by atoms with Crippen molar-refractivity contribution < 1.29 is 107 Å². The van der Waals surface area contributed by atoms with Gasteiger partial charge in [-0.2, -0.15) is 0 Å². The molecule has 4 N–H and O–H groups in total. The molecule has 0 bridgehead atoms. The van der Waals surface area contributed by atoms with Crippen LogP contribution in [0.5, 0.6) is 0 Å². The number of imidazole rings is 1. The van der Waals surface area contributed by atoms with Crippen LogP contribution in [0.4, 0.5) is 4.79 Å². The van der Waals surface area contributed by atoms with E-state index in [1.807, 2.05) is 41.5 Å². The normalized spacial score (nSPS) is 46.6. The van der Waals surface area contributed by atoms with Crippen LogP contribution in [0.2, 0.25) is 0 Å². The minimum atomic E-state index is -1.80. The maximum atomic E-state index is 14.3. The first-order valence-electron chi connectivity index (χ1n) is 20.4. The van der Waals surface area contributed by atoms with Crippen LogP contribution >= 0.6 is 0 Å². The number of methoxy groups -OCH3 is 1. The van der Waals surface area contributed by atoms with Crippen LogP contribution in [0, 0.1) is 79.6 Å². The number of ether oxygens (including phenoxy) is 7. The Hall–Kier alpha value is -0.768. The van der Waals surface area contributed by atoms with E-state index in [1.165, 1.54) is 37.3 Å². The van der Waals surface area contributed by atoms with Gasteiger partial charge in [0.05, 0.1) is 42.0 Å². The number of rotatable bonds is 7. The van der Waals surface area contributed by atoms with Gasteiger partial charge in [-0.05, 0) is 84.5 Å². The Morgan fingerprint density at radius 2 is 1.58 bits per heavy atom. The Kier molecular flexibility index (Phi) is 18.1. The van der Waals surface area contributed by atoms with Gasteiger partial charge in [0.2, 0.25) is 0 Å². The van der Waals surface area contributed by atoms with E-state index in [4.69, 9.17) is 33.2 Å². The van der Waals surface area contributed by atoms with E-state index >= 15 is 0 Å². The van der Waals surface area contributed by atoms with Gasteiger partial charge in [0.15, 0.2) is 18.7 Å². The van der Waals surface area contributed by atoms with Crippen molar-refractivity contribution in [1.82, 2.24) is 9.55 Å². The molecule has 325 valence electrons. The predicted molar refractivity (Wildman–Crippen MR) is 204 cm³/mol. The molecule has 0 aliphatic carbocycles. The molecule has 3 aliphatic rings. The summed E-state index contributed by atoms with van der Waals surface area (Å²) in [6.45, 7) is 21.5. The molecule has 1 aromatic heterocycles. The smallest absolute Gasteiger partial charge is 0.419 e. The average Bonchev–Trinajstić information content (AvgIpc) is 3.68. The van der Waals surface area contributed by atoms with Crippen molar-refractivity contribution in [3.8, 4) is 0 Å². The van der Waals surface area contributed by atoms with Crippen LogP contribution in [-0.2, 0) is 38.0 Å². The van der Waals surface area contributed by atoms with Gasteiger partial charge in [-0.15, -0.1) is 0 Å². The van der Waals surface area contributed by atoms with E-state index < -0.39 is 102 Å². The van der Waals surface area contributed by atoms with Gasteiger partial charge in [-0.3, -0.25) is 4.79 Å². The number of esters is 1. The van der Waals surface area contributed by atoms with Gasteiger partial charge in [0, 0.05) is 75.9 Å². The first-order chi connectivity index (χ1) is 26.0. The second-order valence-electron chi connectivity index (χ2n) is 17.9. The molecule has 57 heavy (non-hydrogen) atoms. The van der Waals surface area contributed by atoms with E-state index in [-0.39, 0.29) is 87.2 Å². The monoisotopic (exact) mass is 1030 g/mol. The number of hydrogen-bond donors (Lipinski definition) is 4. The third kappa shape index (κ3) is 11.4. The van der Waals surface area contributed by atoms with Gasteiger partial charge in [-0.25, -0.2) is 14.3 Å². The third-order valence-corrected chi connectivity index (χ3v) is 13.2. The van der Waals surface area contributed by atoms with Gasteiger partial charge in [0.25, 0.3) is 0 Å². The molecule has 1 aromatic rings. The maximum absolute atomic E-state index is 14.3. The summed E-state index contributed by atoms with van der Waals surface area (Å²) in [5.41, 5.74) is -4.50. The minimum absolute atomic E-state index is 0. The molecule has 3 saturated heterocycles. The molecule has 16 heteroatoms. The van der Waals surface area contributed by atoms with Crippen molar-refractivity contribution in [3.05, 3.63) is 18.7 Å². The summed E-state index contributed by atoms with van der Waals surface area (Å²) in [6.07, 6.45) is -4.64. The Balaban J connectivity index is 0.00000870. The second-order valence-corrected chi connectivity index (χ2v) is 17.9. The fourth-order valence-corrected chi connectivity index (χ4v) is 9.25. The van der Waals surface area contributed by atoms with E-state index in [9.17, 15) is 30.0 Å². The Labute approximate surface area is 374 Å². The van der Waals surface area contributed by atoms with Crippen LogP contribution < -0.4 is 0 Å². The number of aliphatic hydroxyl groups is 4. The van der Waals surface area contributed by atoms with Crippen molar-refractivity contribution in [2.24, 2.45) is 35.5 Å². The quantitative estimate of drug-likeness (QED) is 0.280. The van der Waals surface area contributed by atoms with E-state index in [2.05, 4.69) is 4.98 Å². The van der Waals surface area contributed by atoms with Crippen molar-refractivity contribution in [2.45, 2.75) is 187 Å². The maximum Gasteiger partial charge on any atom is 0.419 e. The molecule has 0 saturated carbocycles. The number of nitrogens with zero attached hydrogens (tertiary/aromatic N) is 2. The first kappa shape index (κ1) is 50.6. The van der Waals surface area contributed by atoms with Crippen molar-refractivity contribution >= 4 is 12.1 Å². The van der Waals surface area contributed by atoms with E-state index in [1.54, 1.807) is 34.6 Å². The van der Waals surface area contributed by atoms with Crippen LogP contribution in [-0.4, -0.2) is 127 Å². The van der Waals surface area contributed by atoms with Gasteiger partial charge in [-0.1, -0.05) is 41.5 Å². The van der Waals surface area contributed by atoms with Crippen LogP contribution in [0.1, 0.15) is 109 Å². The topological polar surface area (TPSA) is 197 Å². The summed E-state index contributed by atoms with van der Waals surface area (Å²) in [6, 6.07) is 0. The molecule has 1 radical (unpaired) electrons. The van der Waals surface area contributed by atoms with Crippen molar-refractivity contribution in [2.75, 3.05) is 7.11 Å². The van der Waals surface area contributed by atoms with Crippen molar-refractivity contribution in [3.63, 3.8) is 0 Å². The fourth-order valence-electron chi connectivity index (χ4n) is 9.25. The minimum Gasteiger partial charge on any atom is -0.459 e. The number of cyclic esters (lactones) is 1. The zero-order valence-electron chi connectivity index (χ0n) is 36.2. The molecule has 15 nitrogen and oxygen atoms in total. The standard InChI is InChI=1S/C41H70N2O13.Ac/c1-14-29-41(12,49)33(45)25(6)24(5)22(3)18-39(10,48)34(55-37-31(44)21(2)17-23(4)51-37)26(7)32(27(8)36(46)53-29)54-30-19-40(11,50-13)35(28(9)52-30)56-38(47)43-16-15-42-20-43;/h15-16,20-35,37,44-45,48-49H,14,17-19H2,1-13H3;/t21?,22-,23?,24+,25+,26+,27-,28?,29-,30?,31?,32+,33-,34-,35?,37?,39-,40?,41-;/m1./s1. The SMILES string of the molecule is CC[C@H]1OC(=O)[C@H](C)[C@@H](OC2CC(C)(OC)C(OC(=O)n3ccnc3)C(C)O2)[C@H](C)[C@@H](OC2OC(C)CC(C)C2O)[C@](C)(O)C[C@@H](C)[C@H](C)[C@H](C)[C@@H](O)[C@]1(C)O.[Ac]. The molecule has 8 unspecified atom stereocenters. The Bertz CT molecular complexity index is 1430. The molecule has 0 aromatic carbocycles. The van der Waals surface area contributed by atoms with Crippen molar-refractivity contribution in [1.29, 1.82) is 0 Å². The number of hydrogen-bond acceptors (Lipinski definition) is 14. The average molecular weight is 1030 g/mol. The zero-order valence-corrected chi connectivity index (χ0v) is 41.0.